The number of nitrogens with zero attached hydrogens (tertiary/aromatic N) is 1. The first-order valence-corrected chi connectivity index (χ1v) is 9.89. The quantitative estimate of drug-likeness (QED) is 0.600. The monoisotopic (exact) mass is 396 g/mol. The molecule has 146 valence electrons. The van der Waals surface area contributed by atoms with Gasteiger partial charge in [-0.3, -0.25) is 4.79 Å². The van der Waals surface area contributed by atoms with Crippen molar-refractivity contribution in [1.29, 1.82) is 0 Å². The second kappa shape index (κ2) is 8.89. The van der Waals surface area contributed by atoms with Crippen molar-refractivity contribution in [3.05, 3.63) is 58.5 Å². The molecule has 0 aliphatic carbocycles. The summed E-state index contributed by atoms with van der Waals surface area (Å²) in [6.07, 6.45) is 0.267. The van der Waals surface area contributed by atoms with Gasteiger partial charge < -0.3 is 14.8 Å². The standard InChI is InChI=1S/C22H24N2O3S/c1-14-5-8-18(9-6-14)27-12-11-20(25)23-22-24-21(16(3)28-22)17-7-10-19(26-4)15(2)13-17/h5-10,13H,11-12H2,1-4H3,(H,23,24,25). The zero-order valence-electron chi connectivity index (χ0n) is 16.5. The van der Waals surface area contributed by atoms with E-state index in [0.717, 1.165) is 33.2 Å². The molecule has 28 heavy (non-hydrogen) atoms. The lowest BCUT2D eigenvalue weighted by molar-refractivity contribution is -0.116. The Morgan fingerprint density at radius 2 is 1.86 bits per heavy atom. The highest BCUT2D eigenvalue weighted by Gasteiger charge is 2.13. The third-order valence-corrected chi connectivity index (χ3v) is 5.22. The molecule has 0 unspecified atom stereocenters. The zero-order valence-corrected chi connectivity index (χ0v) is 17.4. The summed E-state index contributed by atoms with van der Waals surface area (Å²) in [6, 6.07) is 13.7. The van der Waals surface area contributed by atoms with Crippen molar-refractivity contribution in [2.24, 2.45) is 0 Å². The molecule has 0 atom stereocenters. The molecular formula is C22H24N2O3S. The molecule has 3 aromatic rings. The molecule has 1 aromatic heterocycles. The number of hydrogen-bond donors (Lipinski definition) is 1. The predicted molar refractivity (Wildman–Crippen MR) is 113 cm³/mol. The van der Waals surface area contributed by atoms with Crippen molar-refractivity contribution < 1.29 is 14.3 Å². The Kier molecular flexibility index (Phi) is 6.31. The minimum Gasteiger partial charge on any atom is -0.496 e. The van der Waals surface area contributed by atoms with Gasteiger partial charge in [-0.2, -0.15) is 0 Å². The van der Waals surface area contributed by atoms with Crippen molar-refractivity contribution in [2.45, 2.75) is 27.2 Å². The van der Waals surface area contributed by atoms with Crippen LogP contribution in [-0.2, 0) is 4.79 Å². The van der Waals surface area contributed by atoms with Crippen LogP contribution >= 0.6 is 11.3 Å². The zero-order chi connectivity index (χ0) is 20.1. The number of aromatic nitrogens is 1. The van der Waals surface area contributed by atoms with Crippen LogP contribution < -0.4 is 14.8 Å². The van der Waals surface area contributed by atoms with Gasteiger partial charge in [-0.15, -0.1) is 11.3 Å². The van der Waals surface area contributed by atoms with Gasteiger partial charge in [0.05, 0.1) is 25.8 Å². The molecule has 0 spiro atoms. The van der Waals surface area contributed by atoms with E-state index in [0.29, 0.717) is 11.7 Å². The first-order chi connectivity index (χ1) is 13.5. The fourth-order valence-corrected chi connectivity index (χ4v) is 3.67. The van der Waals surface area contributed by atoms with E-state index < -0.39 is 0 Å². The number of benzene rings is 2. The van der Waals surface area contributed by atoms with Crippen LogP contribution in [0.25, 0.3) is 11.3 Å². The van der Waals surface area contributed by atoms with E-state index in [4.69, 9.17) is 9.47 Å². The normalized spacial score (nSPS) is 10.6. The Labute approximate surface area is 169 Å². The Morgan fingerprint density at radius 1 is 1.11 bits per heavy atom. The van der Waals surface area contributed by atoms with E-state index in [1.807, 2.05) is 63.2 Å². The van der Waals surface area contributed by atoms with Crippen LogP contribution in [0.5, 0.6) is 11.5 Å². The highest BCUT2D eigenvalue weighted by molar-refractivity contribution is 7.16. The van der Waals surface area contributed by atoms with Crippen LogP contribution in [0.2, 0.25) is 0 Å². The molecule has 2 aromatic carbocycles. The highest BCUT2D eigenvalue weighted by Crippen LogP contribution is 2.32. The number of nitrogens with one attached hydrogen (secondary N) is 1. The van der Waals surface area contributed by atoms with Crippen molar-refractivity contribution in [3.63, 3.8) is 0 Å². The third kappa shape index (κ3) is 4.89. The molecule has 1 heterocycles. The van der Waals surface area contributed by atoms with Crippen LogP contribution in [0, 0.1) is 20.8 Å². The molecule has 0 aliphatic heterocycles. The smallest absolute Gasteiger partial charge is 0.229 e. The number of amides is 1. The summed E-state index contributed by atoms with van der Waals surface area (Å²) in [4.78, 5) is 17.9. The summed E-state index contributed by atoms with van der Waals surface area (Å²) in [5, 5.41) is 3.47. The molecule has 3 rings (SSSR count). The number of carbonyl (C=O) groups is 1. The highest BCUT2D eigenvalue weighted by atomic mass is 32.1. The van der Waals surface area contributed by atoms with Crippen molar-refractivity contribution in [1.82, 2.24) is 4.98 Å². The molecule has 1 amide bonds. The second-order valence-electron chi connectivity index (χ2n) is 6.57. The van der Waals surface area contributed by atoms with E-state index in [9.17, 15) is 4.79 Å². The van der Waals surface area contributed by atoms with Crippen LogP contribution in [0.1, 0.15) is 22.4 Å². The maximum atomic E-state index is 12.2. The van der Waals surface area contributed by atoms with Gasteiger partial charge in [0.15, 0.2) is 5.13 Å². The van der Waals surface area contributed by atoms with Gasteiger partial charge in [0.2, 0.25) is 5.91 Å². The third-order valence-electron chi connectivity index (χ3n) is 4.33. The average molecular weight is 397 g/mol. The summed E-state index contributed by atoms with van der Waals surface area (Å²) < 4.78 is 10.9. The molecule has 6 heteroatoms. The maximum Gasteiger partial charge on any atom is 0.229 e. The van der Waals surface area contributed by atoms with E-state index in [-0.39, 0.29) is 12.3 Å². The summed E-state index contributed by atoms with van der Waals surface area (Å²) in [6.45, 7) is 6.35. The molecule has 0 saturated carbocycles. The largest absolute Gasteiger partial charge is 0.496 e. The number of anilines is 1. The lowest BCUT2D eigenvalue weighted by Crippen LogP contribution is -2.15. The average Bonchev–Trinajstić information content (AvgIpc) is 3.03. The molecule has 1 N–H and O–H groups in total. The van der Waals surface area contributed by atoms with Crippen LogP contribution in [-0.4, -0.2) is 24.6 Å². The van der Waals surface area contributed by atoms with Gasteiger partial charge in [-0.1, -0.05) is 17.7 Å². The Balaban J connectivity index is 1.59. The number of methoxy groups -OCH3 is 1. The molecular weight excluding hydrogens is 372 g/mol. The Morgan fingerprint density at radius 3 is 2.54 bits per heavy atom. The van der Waals surface area contributed by atoms with Crippen LogP contribution in [0.4, 0.5) is 5.13 Å². The van der Waals surface area contributed by atoms with E-state index in [2.05, 4.69) is 10.3 Å². The summed E-state index contributed by atoms with van der Waals surface area (Å²) in [5.74, 6) is 1.50. The fraction of sp³-hybridized carbons (Fsp3) is 0.273. The van der Waals surface area contributed by atoms with Gasteiger partial charge in [0.1, 0.15) is 11.5 Å². The topological polar surface area (TPSA) is 60.5 Å². The summed E-state index contributed by atoms with van der Waals surface area (Å²) >= 11 is 1.47. The molecule has 5 nitrogen and oxygen atoms in total. The van der Waals surface area contributed by atoms with Crippen molar-refractivity contribution >= 4 is 22.4 Å². The number of ether oxygens (including phenoxy) is 2. The maximum absolute atomic E-state index is 12.2. The number of hydrogen-bond acceptors (Lipinski definition) is 5. The predicted octanol–water partition coefficient (Wildman–Crippen LogP) is 5.15. The van der Waals surface area contributed by atoms with Gasteiger partial charge in [0.25, 0.3) is 0 Å². The van der Waals surface area contributed by atoms with Gasteiger partial charge in [-0.25, -0.2) is 4.98 Å². The minimum absolute atomic E-state index is 0.113. The first-order valence-electron chi connectivity index (χ1n) is 9.08. The van der Waals surface area contributed by atoms with E-state index in [1.54, 1.807) is 7.11 Å². The molecule has 0 radical (unpaired) electrons. The second-order valence-corrected chi connectivity index (χ2v) is 7.77. The first kappa shape index (κ1) is 19.9. The lowest BCUT2D eigenvalue weighted by Gasteiger charge is -2.07. The van der Waals surface area contributed by atoms with Gasteiger partial charge in [-0.05, 0) is 56.7 Å². The number of carbonyl (C=O) groups excluding carboxylic acids is 1. The Hall–Kier alpha value is -2.86. The lowest BCUT2D eigenvalue weighted by atomic mass is 10.1. The SMILES string of the molecule is COc1ccc(-c2nc(NC(=O)CCOc3ccc(C)cc3)sc2C)cc1C. The molecule has 0 fully saturated rings. The van der Waals surface area contributed by atoms with E-state index >= 15 is 0 Å². The Bertz CT molecular complexity index is 964. The molecule has 0 bridgehead atoms. The van der Waals surface area contributed by atoms with Crippen molar-refractivity contribution in [3.8, 4) is 22.8 Å². The number of thiazole rings is 1. The number of rotatable bonds is 7. The summed E-state index contributed by atoms with van der Waals surface area (Å²) in [7, 11) is 1.66. The van der Waals surface area contributed by atoms with E-state index in [1.165, 1.54) is 16.9 Å². The summed E-state index contributed by atoms with van der Waals surface area (Å²) in [5.41, 5.74) is 4.11. The molecule has 0 aliphatic rings. The fourth-order valence-electron chi connectivity index (χ4n) is 2.82. The van der Waals surface area contributed by atoms with Crippen LogP contribution in [0.3, 0.4) is 0 Å². The molecule has 0 saturated heterocycles. The van der Waals surface area contributed by atoms with Gasteiger partial charge >= 0.3 is 0 Å². The number of aryl methyl sites for hydroxylation is 3. The van der Waals surface area contributed by atoms with Gasteiger partial charge in [0, 0.05) is 10.4 Å². The minimum atomic E-state index is -0.113. The van der Waals surface area contributed by atoms with Crippen molar-refractivity contribution in [2.75, 3.05) is 19.0 Å². The van der Waals surface area contributed by atoms with Crippen LogP contribution in [0.15, 0.2) is 42.5 Å².